The maximum atomic E-state index is 6.47. The van der Waals surface area contributed by atoms with Crippen molar-refractivity contribution in [3.05, 3.63) is 212 Å². The van der Waals surface area contributed by atoms with Crippen molar-refractivity contribution in [1.82, 2.24) is 0 Å². The van der Waals surface area contributed by atoms with Gasteiger partial charge in [-0.25, -0.2) is 0 Å². The first-order valence-corrected chi connectivity index (χ1v) is 20.1. The molecular formula is C54H35NOS. The van der Waals surface area contributed by atoms with Crippen molar-refractivity contribution in [2.24, 2.45) is 0 Å². The Hall–Kier alpha value is -7.20. The molecule has 9 aromatic carbocycles. The summed E-state index contributed by atoms with van der Waals surface area (Å²) in [6.07, 6.45) is 0. The smallest absolute Gasteiger partial charge is 0.137 e. The van der Waals surface area contributed by atoms with Gasteiger partial charge in [0.2, 0.25) is 0 Å². The molecule has 0 aliphatic heterocycles. The lowest BCUT2D eigenvalue weighted by Gasteiger charge is -2.28. The Morgan fingerprint density at radius 3 is 1.68 bits per heavy atom. The van der Waals surface area contributed by atoms with Crippen molar-refractivity contribution in [3.63, 3.8) is 0 Å². The molecule has 0 saturated heterocycles. The summed E-state index contributed by atoms with van der Waals surface area (Å²) in [6.45, 7) is 0. The Labute approximate surface area is 335 Å². The molecule has 0 atom stereocenters. The van der Waals surface area contributed by atoms with Crippen molar-refractivity contribution in [2.45, 2.75) is 0 Å². The van der Waals surface area contributed by atoms with Gasteiger partial charge in [0.1, 0.15) is 11.2 Å². The molecule has 0 radical (unpaired) electrons. The Balaban J connectivity index is 1.08. The van der Waals surface area contributed by atoms with E-state index in [1.54, 1.807) is 0 Å². The van der Waals surface area contributed by atoms with Crippen LogP contribution in [0.3, 0.4) is 0 Å². The van der Waals surface area contributed by atoms with Gasteiger partial charge >= 0.3 is 0 Å². The van der Waals surface area contributed by atoms with E-state index in [2.05, 4.69) is 205 Å². The largest absolute Gasteiger partial charge is 0.456 e. The van der Waals surface area contributed by atoms with E-state index in [1.807, 2.05) is 23.5 Å². The number of thiophene rings is 1. The summed E-state index contributed by atoms with van der Waals surface area (Å²) in [6, 6.07) is 76.4. The normalized spacial score (nSPS) is 11.5. The number of fused-ring (bicyclic) bond motifs is 6. The first kappa shape index (κ1) is 33.2. The lowest BCUT2D eigenvalue weighted by Crippen LogP contribution is -2.11. The predicted octanol–water partition coefficient (Wildman–Crippen LogP) is 16.1. The highest BCUT2D eigenvalue weighted by Gasteiger charge is 2.21. The molecule has 2 heterocycles. The molecule has 0 aliphatic rings. The molecule has 11 aromatic rings. The maximum absolute atomic E-state index is 6.47. The number of nitrogens with zero attached hydrogens (tertiary/aromatic N) is 1. The van der Waals surface area contributed by atoms with Gasteiger partial charge in [-0.15, -0.1) is 11.3 Å². The molecule has 3 heteroatoms. The molecule has 0 N–H and O–H groups in total. The minimum atomic E-state index is 0.862. The van der Waals surface area contributed by atoms with Gasteiger partial charge in [0, 0.05) is 53.9 Å². The van der Waals surface area contributed by atoms with E-state index in [9.17, 15) is 0 Å². The first-order chi connectivity index (χ1) is 28.3. The van der Waals surface area contributed by atoms with Gasteiger partial charge in [-0.2, -0.15) is 0 Å². The third-order valence-electron chi connectivity index (χ3n) is 11.1. The molecule has 57 heavy (non-hydrogen) atoms. The monoisotopic (exact) mass is 745 g/mol. The van der Waals surface area contributed by atoms with E-state index >= 15 is 0 Å². The lowest BCUT2D eigenvalue weighted by atomic mass is 9.88. The van der Waals surface area contributed by atoms with Gasteiger partial charge < -0.3 is 9.32 Å². The fourth-order valence-electron chi connectivity index (χ4n) is 8.43. The molecule has 0 fully saturated rings. The summed E-state index contributed by atoms with van der Waals surface area (Å²) in [5.41, 5.74) is 14.4. The Morgan fingerprint density at radius 2 is 0.877 bits per heavy atom. The molecule has 268 valence electrons. The summed E-state index contributed by atoms with van der Waals surface area (Å²) in [7, 11) is 0. The standard InChI is InChI=1S/C54H35NOS/c1-2-14-37(15-3-1)41-16-4-5-17-42(41)43-18-6-7-19-44(43)45-20-8-11-23-50(45)55(40-31-32-47-46-21-9-12-24-51(46)56-52(47)35-40)39-29-26-36(27-30-39)38-28-33-54-49(34-38)48-22-10-13-25-53(48)57-54/h1-35H. The van der Waals surface area contributed by atoms with E-state index in [0.717, 1.165) is 44.6 Å². The topological polar surface area (TPSA) is 16.4 Å². The number of para-hydroxylation sites is 2. The molecule has 0 bridgehead atoms. The van der Waals surface area contributed by atoms with Crippen molar-refractivity contribution in [1.29, 1.82) is 0 Å². The number of anilines is 3. The van der Waals surface area contributed by atoms with Crippen LogP contribution in [0.15, 0.2) is 217 Å². The van der Waals surface area contributed by atoms with Gasteiger partial charge in [-0.3, -0.25) is 0 Å². The van der Waals surface area contributed by atoms with Crippen LogP contribution in [0, 0.1) is 0 Å². The van der Waals surface area contributed by atoms with Crippen LogP contribution in [0.4, 0.5) is 17.1 Å². The predicted molar refractivity (Wildman–Crippen MR) is 243 cm³/mol. The summed E-state index contributed by atoms with van der Waals surface area (Å²) < 4.78 is 9.10. The SMILES string of the molecule is c1ccc(-c2ccccc2-c2ccccc2-c2ccccc2N(c2ccc(-c3ccc4sc5ccccc5c4c3)cc2)c2ccc3c(c2)oc2ccccc23)cc1. The van der Waals surface area contributed by atoms with E-state index in [0.29, 0.717) is 0 Å². The highest BCUT2D eigenvalue weighted by molar-refractivity contribution is 7.25. The van der Waals surface area contributed by atoms with Gasteiger partial charge in [0.25, 0.3) is 0 Å². The third kappa shape index (κ3) is 5.80. The Kier molecular flexibility index (Phi) is 8.04. The van der Waals surface area contributed by atoms with Gasteiger partial charge in [0.15, 0.2) is 0 Å². The van der Waals surface area contributed by atoms with E-state index in [-0.39, 0.29) is 0 Å². The number of rotatable bonds is 7. The molecule has 0 amide bonds. The van der Waals surface area contributed by atoms with Crippen molar-refractivity contribution < 1.29 is 4.42 Å². The minimum Gasteiger partial charge on any atom is -0.456 e. The van der Waals surface area contributed by atoms with Gasteiger partial charge in [-0.1, -0.05) is 152 Å². The summed E-state index contributed by atoms with van der Waals surface area (Å²) in [4.78, 5) is 2.38. The first-order valence-electron chi connectivity index (χ1n) is 19.3. The van der Waals surface area contributed by atoms with Crippen molar-refractivity contribution in [2.75, 3.05) is 4.90 Å². The highest BCUT2D eigenvalue weighted by atomic mass is 32.1. The zero-order chi connectivity index (χ0) is 37.7. The molecule has 0 saturated carbocycles. The van der Waals surface area contributed by atoms with Crippen molar-refractivity contribution >= 4 is 70.5 Å². The summed E-state index contributed by atoms with van der Waals surface area (Å²) in [5.74, 6) is 0. The zero-order valence-corrected chi connectivity index (χ0v) is 31.8. The molecule has 11 rings (SSSR count). The van der Waals surface area contributed by atoms with Crippen LogP contribution < -0.4 is 4.90 Å². The van der Waals surface area contributed by atoms with Crippen molar-refractivity contribution in [3.8, 4) is 44.5 Å². The van der Waals surface area contributed by atoms with Crippen LogP contribution >= 0.6 is 11.3 Å². The van der Waals surface area contributed by atoms with Crippen LogP contribution in [-0.2, 0) is 0 Å². The molecule has 0 spiro atoms. The zero-order valence-electron chi connectivity index (χ0n) is 31.0. The second-order valence-electron chi connectivity index (χ2n) is 14.4. The second-order valence-corrected chi connectivity index (χ2v) is 15.5. The van der Waals surface area contributed by atoms with Gasteiger partial charge in [-0.05, 0) is 93.5 Å². The van der Waals surface area contributed by atoms with Crippen LogP contribution in [0.5, 0.6) is 0 Å². The molecule has 0 aliphatic carbocycles. The number of hydrogen-bond donors (Lipinski definition) is 0. The van der Waals surface area contributed by atoms with Crippen LogP contribution in [0.25, 0.3) is 86.6 Å². The van der Waals surface area contributed by atoms with Crippen LogP contribution in [0.2, 0.25) is 0 Å². The number of hydrogen-bond acceptors (Lipinski definition) is 3. The maximum Gasteiger partial charge on any atom is 0.137 e. The Bertz CT molecular complexity index is 3250. The fourth-order valence-corrected chi connectivity index (χ4v) is 9.51. The van der Waals surface area contributed by atoms with E-state index < -0.39 is 0 Å². The Morgan fingerprint density at radius 1 is 0.316 bits per heavy atom. The lowest BCUT2D eigenvalue weighted by molar-refractivity contribution is 0.669. The molecular weight excluding hydrogens is 711 g/mol. The van der Waals surface area contributed by atoms with E-state index in [1.165, 1.54) is 59.1 Å². The third-order valence-corrected chi connectivity index (χ3v) is 12.3. The van der Waals surface area contributed by atoms with Crippen LogP contribution in [0.1, 0.15) is 0 Å². The highest BCUT2D eigenvalue weighted by Crippen LogP contribution is 2.46. The number of furan rings is 1. The van der Waals surface area contributed by atoms with E-state index in [4.69, 9.17) is 4.42 Å². The molecule has 2 aromatic heterocycles. The summed E-state index contributed by atoms with van der Waals surface area (Å²) in [5, 5.41) is 4.85. The van der Waals surface area contributed by atoms with Crippen LogP contribution in [-0.4, -0.2) is 0 Å². The second kappa shape index (κ2) is 13.8. The average Bonchev–Trinajstić information content (AvgIpc) is 3.85. The van der Waals surface area contributed by atoms with Gasteiger partial charge in [0.05, 0.1) is 5.69 Å². The summed E-state index contributed by atoms with van der Waals surface area (Å²) >= 11 is 1.85. The minimum absolute atomic E-state index is 0.862. The fraction of sp³-hybridized carbons (Fsp3) is 0. The molecule has 2 nitrogen and oxygen atoms in total. The average molecular weight is 746 g/mol. The quantitative estimate of drug-likeness (QED) is 0.162. The molecule has 0 unspecified atom stereocenters. The number of benzene rings is 9.